The average molecular weight is 764 g/mol. The molecule has 14 nitrogen and oxygen atoms in total. The van der Waals surface area contributed by atoms with Crippen molar-refractivity contribution in [3.8, 4) is 17.6 Å². The van der Waals surface area contributed by atoms with E-state index >= 15 is 0 Å². The molecule has 0 spiro atoms. The van der Waals surface area contributed by atoms with E-state index in [-0.39, 0.29) is 23.0 Å². The maximum atomic E-state index is 13.5. The van der Waals surface area contributed by atoms with Gasteiger partial charge in [0.15, 0.2) is 11.5 Å². The zero-order valence-electron chi connectivity index (χ0n) is 28.6. The second kappa shape index (κ2) is 16.9. The van der Waals surface area contributed by atoms with Crippen LogP contribution in [-0.4, -0.2) is 83.8 Å². The molecule has 0 aliphatic carbocycles. The van der Waals surface area contributed by atoms with Crippen LogP contribution in [0, 0.1) is 22.0 Å². The summed E-state index contributed by atoms with van der Waals surface area (Å²) in [5, 5.41) is 32.5. The molecule has 0 atom stereocenters. The first-order valence-electron chi connectivity index (χ1n) is 16.6. The number of thioether (sulfide) groups is 1. The molecule has 2 heterocycles. The Hall–Kier alpha value is -6.44. The summed E-state index contributed by atoms with van der Waals surface area (Å²) in [5.41, 5.74) is 1.05. The Morgan fingerprint density at radius 1 is 0.870 bits per heavy atom. The van der Waals surface area contributed by atoms with Crippen LogP contribution in [0.15, 0.2) is 119 Å². The quantitative estimate of drug-likeness (QED) is 0.0551. The van der Waals surface area contributed by atoms with Gasteiger partial charge in [-0.05, 0) is 66.7 Å². The van der Waals surface area contributed by atoms with E-state index in [1.807, 2.05) is 40.0 Å². The zero-order chi connectivity index (χ0) is 38.1. The van der Waals surface area contributed by atoms with Crippen molar-refractivity contribution < 1.29 is 28.0 Å². The molecule has 0 saturated carbocycles. The fourth-order valence-electron chi connectivity index (χ4n) is 5.51. The third-order valence-electron chi connectivity index (χ3n) is 8.25. The van der Waals surface area contributed by atoms with Gasteiger partial charge in [0.25, 0.3) is 27.5 Å². The molecule has 1 aliphatic rings. The van der Waals surface area contributed by atoms with Crippen LogP contribution in [0.1, 0.15) is 32.0 Å². The second-order valence-corrected chi connectivity index (χ2v) is 14.7. The molecule has 16 heteroatoms. The van der Waals surface area contributed by atoms with E-state index in [0.29, 0.717) is 61.0 Å². The number of carbonyl (C=O) groups is 2. The van der Waals surface area contributed by atoms with Crippen LogP contribution in [0.3, 0.4) is 0 Å². The van der Waals surface area contributed by atoms with Gasteiger partial charge in [-0.25, -0.2) is 13.1 Å². The Morgan fingerprint density at radius 3 is 2.35 bits per heavy atom. The summed E-state index contributed by atoms with van der Waals surface area (Å²) in [6.07, 6.45) is 0. The third kappa shape index (κ3) is 9.31. The number of nitrogens with one attached hydrogen (secondary N) is 2. The Morgan fingerprint density at radius 2 is 1.63 bits per heavy atom. The van der Waals surface area contributed by atoms with Gasteiger partial charge < -0.3 is 20.2 Å². The van der Waals surface area contributed by atoms with Crippen molar-refractivity contribution in [3.63, 3.8) is 0 Å². The Balaban J connectivity index is 1.04. The monoisotopic (exact) mass is 763 g/mol. The minimum Gasteiger partial charge on any atom is -0.508 e. The number of phenolic OH excluding ortho intramolecular Hbond substituents is 1. The molecular formula is C38H33N7O7S2. The molecule has 6 rings (SSSR count). The first-order valence-corrected chi connectivity index (χ1v) is 19.1. The van der Waals surface area contributed by atoms with E-state index in [2.05, 4.69) is 27.4 Å². The predicted octanol–water partition coefficient (Wildman–Crippen LogP) is 4.78. The Bertz CT molecular complexity index is 2340. The number of nitro groups is 1. The number of nitrogens with zero attached hydrogens (tertiary/aromatic N) is 5. The summed E-state index contributed by atoms with van der Waals surface area (Å²) in [4.78, 5) is 41.7. The highest BCUT2D eigenvalue weighted by molar-refractivity contribution is 7.99. The van der Waals surface area contributed by atoms with E-state index in [4.69, 9.17) is 0 Å². The van der Waals surface area contributed by atoms with Crippen molar-refractivity contribution in [1.29, 1.82) is 0 Å². The van der Waals surface area contributed by atoms with Gasteiger partial charge >= 0.3 is 0 Å². The summed E-state index contributed by atoms with van der Waals surface area (Å²) < 4.78 is 28.1. The van der Waals surface area contributed by atoms with Crippen molar-refractivity contribution >= 4 is 50.8 Å². The van der Waals surface area contributed by atoms with Crippen molar-refractivity contribution in [2.45, 2.75) is 9.79 Å². The first-order chi connectivity index (χ1) is 26.1. The van der Waals surface area contributed by atoms with Crippen LogP contribution in [0.2, 0.25) is 0 Å². The smallest absolute Gasteiger partial charge is 0.293 e. The number of hydrogen-bond donors (Lipinski definition) is 3. The molecule has 1 aliphatic heterocycles. The van der Waals surface area contributed by atoms with Gasteiger partial charge in [-0.1, -0.05) is 48.2 Å². The standard InChI is InChI=1S/C38H33N7O7S2/c46-29-9-6-7-27(25-29)13-14-28-8-4-5-12-32(28)38(48)44-22-20-43(21-23-44)36-18-17-34(40-41-36)37(47)42-54(51,52)31-15-16-33(35(26-31)45(49)50)39-19-24-53-30-10-2-1-3-11-30/h1-12,15-18,25-26,39,46H,19-24H2,(H,42,47). The molecule has 1 aromatic heterocycles. The SMILES string of the molecule is O=C(NS(=O)(=O)c1ccc(NCCSc2ccccc2)c([N+](=O)[O-])c1)c1ccc(N2CCN(C(=O)c3ccccc3C#Cc3cccc(O)c3)CC2)nn1. The lowest BCUT2D eigenvalue weighted by molar-refractivity contribution is -0.384. The van der Waals surface area contributed by atoms with E-state index in [9.17, 15) is 33.2 Å². The van der Waals surface area contributed by atoms with Gasteiger partial charge in [0.1, 0.15) is 11.4 Å². The number of hydrogen-bond acceptors (Lipinski definition) is 12. The Labute approximate surface area is 315 Å². The van der Waals surface area contributed by atoms with Crippen LogP contribution < -0.4 is 14.9 Å². The summed E-state index contributed by atoms with van der Waals surface area (Å²) in [6, 6.07) is 29.5. The molecule has 0 radical (unpaired) electrons. The molecule has 274 valence electrons. The number of aromatic hydroxyl groups is 1. The van der Waals surface area contributed by atoms with Crippen molar-refractivity contribution in [1.82, 2.24) is 19.8 Å². The molecule has 54 heavy (non-hydrogen) atoms. The zero-order valence-corrected chi connectivity index (χ0v) is 30.2. The highest BCUT2D eigenvalue weighted by atomic mass is 32.2. The Kier molecular flexibility index (Phi) is 11.7. The molecule has 5 aromatic rings. The number of anilines is 2. The molecule has 2 amide bonds. The molecule has 0 unspecified atom stereocenters. The lowest BCUT2D eigenvalue weighted by Crippen LogP contribution is -2.49. The molecule has 4 aromatic carbocycles. The normalized spacial score (nSPS) is 12.7. The van der Waals surface area contributed by atoms with Gasteiger partial charge in [0, 0.05) is 60.6 Å². The lowest BCUT2D eigenvalue weighted by atomic mass is 10.1. The second-order valence-electron chi connectivity index (χ2n) is 11.9. The van der Waals surface area contributed by atoms with Crippen molar-refractivity contribution in [3.05, 3.63) is 142 Å². The first kappa shape index (κ1) is 37.3. The number of phenols is 1. The largest absolute Gasteiger partial charge is 0.508 e. The number of nitro benzene ring substituents is 1. The predicted molar refractivity (Wildman–Crippen MR) is 204 cm³/mol. The van der Waals surface area contributed by atoms with E-state index in [0.717, 1.165) is 11.0 Å². The van der Waals surface area contributed by atoms with E-state index in [1.165, 1.54) is 24.3 Å². The van der Waals surface area contributed by atoms with E-state index in [1.54, 1.807) is 65.2 Å². The minimum absolute atomic E-state index is 0.102. The summed E-state index contributed by atoms with van der Waals surface area (Å²) in [7, 11) is -4.50. The topological polar surface area (TPSA) is 188 Å². The van der Waals surface area contributed by atoms with Gasteiger partial charge in [-0.3, -0.25) is 19.7 Å². The highest BCUT2D eigenvalue weighted by Gasteiger charge is 2.27. The third-order valence-corrected chi connectivity index (χ3v) is 10.6. The fraction of sp³-hybridized carbons (Fsp3) is 0.158. The number of benzene rings is 4. The number of sulfonamides is 1. The number of amides is 2. The van der Waals surface area contributed by atoms with Crippen LogP contribution >= 0.6 is 11.8 Å². The molecule has 1 saturated heterocycles. The maximum Gasteiger partial charge on any atom is 0.293 e. The highest BCUT2D eigenvalue weighted by Crippen LogP contribution is 2.28. The summed E-state index contributed by atoms with van der Waals surface area (Å²) >= 11 is 1.56. The van der Waals surface area contributed by atoms with Crippen molar-refractivity contribution in [2.24, 2.45) is 0 Å². The minimum atomic E-state index is -4.50. The number of carbonyl (C=O) groups excluding carboxylic acids is 2. The van der Waals surface area contributed by atoms with Gasteiger partial charge in [-0.15, -0.1) is 22.0 Å². The number of aromatic nitrogens is 2. The number of piperazine rings is 1. The van der Waals surface area contributed by atoms with Gasteiger partial charge in [-0.2, -0.15) is 0 Å². The maximum absolute atomic E-state index is 13.5. The fourth-order valence-corrected chi connectivity index (χ4v) is 7.28. The summed E-state index contributed by atoms with van der Waals surface area (Å²) in [6.45, 7) is 1.99. The lowest BCUT2D eigenvalue weighted by Gasteiger charge is -2.35. The molecular weight excluding hydrogens is 731 g/mol. The average Bonchev–Trinajstić information content (AvgIpc) is 3.19. The van der Waals surface area contributed by atoms with Crippen LogP contribution in [-0.2, 0) is 10.0 Å². The molecule has 0 bridgehead atoms. The van der Waals surface area contributed by atoms with E-state index < -0.39 is 31.4 Å². The molecule has 3 N–H and O–H groups in total. The summed E-state index contributed by atoms with van der Waals surface area (Å²) in [5.74, 6) is 5.93. The van der Waals surface area contributed by atoms with Crippen LogP contribution in [0.4, 0.5) is 17.2 Å². The van der Waals surface area contributed by atoms with Crippen LogP contribution in [0.25, 0.3) is 0 Å². The van der Waals surface area contributed by atoms with Gasteiger partial charge in [0.2, 0.25) is 0 Å². The van der Waals surface area contributed by atoms with Crippen LogP contribution in [0.5, 0.6) is 5.75 Å². The number of rotatable bonds is 11. The molecule has 1 fully saturated rings. The van der Waals surface area contributed by atoms with Gasteiger partial charge in [0.05, 0.1) is 15.4 Å². The van der Waals surface area contributed by atoms with Crippen molar-refractivity contribution in [2.75, 3.05) is 48.7 Å².